The molecule has 0 amide bonds. The Morgan fingerprint density at radius 1 is 0.952 bits per heavy atom. The fraction of sp³-hybridized carbons (Fsp3) is 1.00. The molecule has 0 spiro atoms. The van der Waals surface area contributed by atoms with E-state index in [0.717, 1.165) is 18.4 Å². The van der Waals surface area contributed by atoms with Gasteiger partial charge in [0.1, 0.15) is 0 Å². The Labute approximate surface area is 131 Å². The fourth-order valence-corrected chi connectivity index (χ4v) is 4.87. The number of likely N-dealkylation sites (tertiary alicyclic amines) is 2. The molecule has 2 saturated heterocycles. The van der Waals surface area contributed by atoms with Crippen LogP contribution < -0.4 is 5.73 Å². The van der Waals surface area contributed by atoms with Crippen LogP contribution in [0.1, 0.15) is 58.3 Å². The van der Waals surface area contributed by atoms with E-state index in [-0.39, 0.29) is 0 Å². The van der Waals surface area contributed by atoms with Crippen molar-refractivity contribution in [1.29, 1.82) is 0 Å². The zero-order valence-corrected chi connectivity index (χ0v) is 14.0. The van der Waals surface area contributed by atoms with Crippen LogP contribution in [-0.4, -0.2) is 54.6 Å². The van der Waals surface area contributed by atoms with Gasteiger partial charge in [0.2, 0.25) is 0 Å². The molecular weight excluding hydrogens is 258 g/mol. The van der Waals surface area contributed by atoms with Crippen molar-refractivity contribution >= 4 is 0 Å². The van der Waals surface area contributed by atoms with Crippen LogP contribution in [-0.2, 0) is 0 Å². The smallest absolute Gasteiger partial charge is 0.0331 e. The van der Waals surface area contributed by atoms with E-state index in [1.54, 1.807) is 0 Å². The van der Waals surface area contributed by atoms with Crippen molar-refractivity contribution in [2.45, 2.75) is 63.8 Å². The van der Waals surface area contributed by atoms with Crippen LogP contribution in [0.3, 0.4) is 0 Å². The van der Waals surface area contributed by atoms with Gasteiger partial charge in [0, 0.05) is 18.6 Å². The van der Waals surface area contributed by atoms with Gasteiger partial charge < -0.3 is 10.6 Å². The molecule has 0 atom stereocenters. The van der Waals surface area contributed by atoms with Gasteiger partial charge in [-0.25, -0.2) is 0 Å². The summed E-state index contributed by atoms with van der Waals surface area (Å²) in [6.45, 7) is 9.93. The van der Waals surface area contributed by atoms with Gasteiger partial charge in [-0.05, 0) is 89.4 Å². The van der Waals surface area contributed by atoms with E-state index in [9.17, 15) is 0 Å². The highest BCUT2D eigenvalue weighted by molar-refractivity contribution is 4.97. The molecule has 2 aliphatic heterocycles. The minimum Gasteiger partial charge on any atom is -0.329 e. The third-order valence-electron chi connectivity index (χ3n) is 6.59. The van der Waals surface area contributed by atoms with Gasteiger partial charge in [-0.2, -0.15) is 0 Å². The number of hydrogen-bond acceptors (Lipinski definition) is 3. The molecule has 1 aliphatic carbocycles. The van der Waals surface area contributed by atoms with E-state index < -0.39 is 0 Å². The Bertz CT molecular complexity index is 308. The first kappa shape index (κ1) is 15.8. The van der Waals surface area contributed by atoms with Crippen LogP contribution in [0, 0.1) is 11.8 Å². The molecule has 3 nitrogen and oxygen atoms in total. The van der Waals surface area contributed by atoms with Crippen LogP contribution in [0.5, 0.6) is 0 Å². The fourth-order valence-electron chi connectivity index (χ4n) is 4.87. The first-order valence-corrected chi connectivity index (χ1v) is 9.39. The van der Waals surface area contributed by atoms with Crippen molar-refractivity contribution in [2.24, 2.45) is 17.6 Å². The predicted octanol–water partition coefficient (Wildman–Crippen LogP) is 2.70. The molecule has 3 rings (SSSR count). The normalized spacial score (nSPS) is 37.1. The van der Waals surface area contributed by atoms with Crippen molar-refractivity contribution in [1.82, 2.24) is 9.80 Å². The molecule has 0 aromatic carbocycles. The summed E-state index contributed by atoms with van der Waals surface area (Å²) in [5.74, 6) is 1.86. The van der Waals surface area contributed by atoms with Gasteiger partial charge in [-0.3, -0.25) is 4.90 Å². The van der Waals surface area contributed by atoms with E-state index >= 15 is 0 Å². The standard InChI is InChI=1S/C18H35N3/c1-16-4-8-18(15-19,9-5-16)21-12-6-17(7-13-21)14-20-10-2-3-11-20/h16-17H,2-15,19H2,1H3. The molecule has 2 heterocycles. The van der Waals surface area contributed by atoms with Crippen molar-refractivity contribution in [3.63, 3.8) is 0 Å². The monoisotopic (exact) mass is 293 g/mol. The minimum absolute atomic E-state index is 0.352. The third kappa shape index (κ3) is 3.62. The van der Waals surface area contributed by atoms with Gasteiger partial charge in [0.25, 0.3) is 0 Å². The second-order valence-corrected chi connectivity index (χ2v) is 8.05. The number of piperidine rings is 1. The summed E-state index contributed by atoms with van der Waals surface area (Å²) < 4.78 is 0. The number of nitrogens with zero attached hydrogens (tertiary/aromatic N) is 2. The largest absolute Gasteiger partial charge is 0.329 e. The molecular formula is C18H35N3. The molecule has 0 aromatic heterocycles. The number of hydrogen-bond donors (Lipinski definition) is 1. The molecule has 122 valence electrons. The van der Waals surface area contributed by atoms with Crippen LogP contribution in [0.15, 0.2) is 0 Å². The molecule has 3 heteroatoms. The molecule has 0 unspecified atom stereocenters. The quantitative estimate of drug-likeness (QED) is 0.865. The van der Waals surface area contributed by atoms with Gasteiger partial charge in [-0.1, -0.05) is 6.92 Å². The summed E-state index contributed by atoms with van der Waals surface area (Å²) in [5, 5.41) is 0. The van der Waals surface area contributed by atoms with Gasteiger partial charge in [0.05, 0.1) is 0 Å². The van der Waals surface area contributed by atoms with Crippen LogP contribution in [0.25, 0.3) is 0 Å². The molecule has 2 N–H and O–H groups in total. The van der Waals surface area contributed by atoms with E-state index in [1.165, 1.54) is 84.1 Å². The highest BCUT2D eigenvalue weighted by atomic mass is 15.2. The number of nitrogens with two attached hydrogens (primary N) is 1. The van der Waals surface area contributed by atoms with Crippen molar-refractivity contribution in [2.75, 3.05) is 39.3 Å². The molecule has 3 fully saturated rings. The summed E-state index contributed by atoms with van der Waals surface area (Å²) in [4.78, 5) is 5.47. The lowest BCUT2D eigenvalue weighted by atomic mass is 9.75. The summed E-state index contributed by atoms with van der Waals surface area (Å²) in [6.07, 6.45) is 11.1. The van der Waals surface area contributed by atoms with Crippen molar-refractivity contribution < 1.29 is 0 Å². The SMILES string of the molecule is CC1CCC(CN)(N2CCC(CN3CCCC3)CC2)CC1. The lowest BCUT2D eigenvalue weighted by molar-refractivity contribution is 0.0136. The van der Waals surface area contributed by atoms with E-state index in [0.29, 0.717) is 5.54 Å². The maximum absolute atomic E-state index is 6.23. The zero-order chi connectivity index (χ0) is 14.7. The Morgan fingerprint density at radius 2 is 1.57 bits per heavy atom. The van der Waals surface area contributed by atoms with E-state index in [1.807, 2.05) is 0 Å². The highest BCUT2D eigenvalue weighted by Crippen LogP contribution is 2.38. The lowest BCUT2D eigenvalue weighted by Crippen LogP contribution is -2.58. The summed E-state index contributed by atoms with van der Waals surface area (Å²) in [5.41, 5.74) is 6.58. The van der Waals surface area contributed by atoms with Crippen LogP contribution >= 0.6 is 0 Å². The lowest BCUT2D eigenvalue weighted by Gasteiger charge is -2.50. The molecule has 3 aliphatic rings. The predicted molar refractivity (Wildman–Crippen MR) is 89.4 cm³/mol. The van der Waals surface area contributed by atoms with Crippen LogP contribution in [0.2, 0.25) is 0 Å². The first-order valence-electron chi connectivity index (χ1n) is 9.39. The van der Waals surface area contributed by atoms with Gasteiger partial charge in [-0.15, -0.1) is 0 Å². The zero-order valence-electron chi connectivity index (χ0n) is 14.0. The van der Waals surface area contributed by atoms with E-state index in [4.69, 9.17) is 5.73 Å². The highest BCUT2D eigenvalue weighted by Gasteiger charge is 2.39. The Kier molecular flexibility index (Phi) is 5.23. The summed E-state index contributed by atoms with van der Waals surface area (Å²) >= 11 is 0. The van der Waals surface area contributed by atoms with Crippen LogP contribution in [0.4, 0.5) is 0 Å². The maximum Gasteiger partial charge on any atom is 0.0331 e. The summed E-state index contributed by atoms with van der Waals surface area (Å²) in [6, 6.07) is 0. The Morgan fingerprint density at radius 3 is 2.14 bits per heavy atom. The van der Waals surface area contributed by atoms with Crippen molar-refractivity contribution in [3.05, 3.63) is 0 Å². The molecule has 0 radical (unpaired) electrons. The Hall–Kier alpha value is -0.120. The topological polar surface area (TPSA) is 32.5 Å². The van der Waals surface area contributed by atoms with Gasteiger partial charge >= 0.3 is 0 Å². The Balaban J connectivity index is 1.49. The maximum atomic E-state index is 6.23. The summed E-state index contributed by atoms with van der Waals surface area (Å²) in [7, 11) is 0. The first-order chi connectivity index (χ1) is 10.2. The molecule has 0 bridgehead atoms. The van der Waals surface area contributed by atoms with E-state index in [2.05, 4.69) is 16.7 Å². The molecule has 1 saturated carbocycles. The average molecular weight is 293 g/mol. The minimum atomic E-state index is 0.352. The molecule has 0 aromatic rings. The van der Waals surface area contributed by atoms with Crippen molar-refractivity contribution in [3.8, 4) is 0 Å². The average Bonchev–Trinajstić information content (AvgIpc) is 3.02. The molecule has 21 heavy (non-hydrogen) atoms. The second kappa shape index (κ2) is 6.97. The van der Waals surface area contributed by atoms with Gasteiger partial charge in [0.15, 0.2) is 0 Å². The second-order valence-electron chi connectivity index (χ2n) is 8.05. The number of rotatable bonds is 4. The third-order valence-corrected chi connectivity index (χ3v) is 6.59.